The Morgan fingerprint density at radius 3 is 2.40 bits per heavy atom. The van der Waals surface area contributed by atoms with Crippen molar-refractivity contribution in [1.82, 2.24) is 4.90 Å². The maximum absolute atomic E-state index is 5.16. The third kappa shape index (κ3) is 3.65. The Morgan fingerprint density at radius 1 is 1.40 bits per heavy atom. The molecule has 0 aromatic rings. The van der Waals surface area contributed by atoms with Crippen LogP contribution in [-0.2, 0) is 4.74 Å². The number of ether oxygens (including phenoxy) is 1. The van der Waals surface area contributed by atoms with Gasteiger partial charge in [-0.3, -0.25) is 4.90 Å². The lowest BCUT2D eigenvalue weighted by Crippen LogP contribution is -2.47. The zero-order chi connectivity index (χ0) is 11.3. The van der Waals surface area contributed by atoms with E-state index >= 15 is 0 Å². The second-order valence-corrected chi connectivity index (χ2v) is 5.38. The van der Waals surface area contributed by atoms with Gasteiger partial charge in [0.15, 0.2) is 0 Å². The summed E-state index contributed by atoms with van der Waals surface area (Å²) >= 11 is 4.51. The van der Waals surface area contributed by atoms with Gasteiger partial charge in [0.05, 0.1) is 6.61 Å². The van der Waals surface area contributed by atoms with E-state index in [0.29, 0.717) is 11.5 Å². The Labute approximate surface area is 99.8 Å². The Kier molecular flexibility index (Phi) is 5.44. The lowest BCUT2D eigenvalue weighted by molar-refractivity contribution is 0.0530. The smallest absolute Gasteiger partial charge is 0.0589 e. The fourth-order valence-corrected chi connectivity index (χ4v) is 2.62. The van der Waals surface area contributed by atoms with Gasteiger partial charge in [-0.2, -0.15) is 12.6 Å². The summed E-state index contributed by atoms with van der Waals surface area (Å²) in [5.41, 5.74) is 0.501. The lowest BCUT2D eigenvalue weighted by Gasteiger charge is -2.45. The zero-order valence-corrected chi connectivity index (χ0v) is 11.2. The molecule has 90 valence electrons. The van der Waals surface area contributed by atoms with Crippen LogP contribution in [0.4, 0.5) is 0 Å². The third-order valence-corrected chi connectivity index (χ3v) is 4.27. The Balaban J connectivity index is 2.42. The second-order valence-electron chi connectivity index (χ2n) is 5.07. The van der Waals surface area contributed by atoms with E-state index in [4.69, 9.17) is 4.74 Å². The number of nitrogens with zero attached hydrogens (tertiary/aromatic N) is 1. The quantitative estimate of drug-likeness (QED) is 0.676. The summed E-state index contributed by atoms with van der Waals surface area (Å²) in [5.74, 6) is 1.03. The summed E-state index contributed by atoms with van der Waals surface area (Å²) in [7, 11) is 1.77. The van der Waals surface area contributed by atoms with E-state index in [2.05, 4.69) is 31.4 Å². The van der Waals surface area contributed by atoms with Crippen molar-refractivity contribution in [1.29, 1.82) is 0 Å². The van der Waals surface area contributed by atoms with E-state index in [1.165, 1.54) is 25.8 Å². The van der Waals surface area contributed by atoms with E-state index in [9.17, 15) is 0 Å². The van der Waals surface area contributed by atoms with Crippen molar-refractivity contribution in [3.8, 4) is 0 Å². The molecule has 0 saturated heterocycles. The summed E-state index contributed by atoms with van der Waals surface area (Å²) in [4.78, 5) is 2.53. The van der Waals surface area contributed by atoms with Gasteiger partial charge in [0, 0.05) is 26.2 Å². The number of methoxy groups -OCH3 is 1. The Bertz CT molecular complexity index is 175. The molecule has 1 aliphatic rings. The summed E-state index contributed by atoms with van der Waals surface area (Å²) in [6.45, 7) is 7.60. The van der Waals surface area contributed by atoms with Gasteiger partial charge in [0.25, 0.3) is 0 Å². The van der Waals surface area contributed by atoms with Crippen molar-refractivity contribution in [3.05, 3.63) is 0 Å². The minimum absolute atomic E-state index is 0.501. The number of rotatable bonds is 7. The molecule has 0 atom stereocenters. The molecule has 0 spiro atoms. The third-order valence-electron chi connectivity index (χ3n) is 3.60. The monoisotopic (exact) mass is 231 g/mol. The van der Waals surface area contributed by atoms with Crippen LogP contribution in [-0.4, -0.2) is 43.5 Å². The van der Waals surface area contributed by atoms with Gasteiger partial charge >= 0.3 is 0 Å². The van der Waals surface area contributed by atoms with Crippen LogP contribution < -0.4 is 0 Å². The van der Waals surface area contributed by atoms with Crippen LogP contribution in [0.15, 0.2) is 0 Å². The average molecular weight is 231 g/mol. The fourth-order valence-electron chi connectivity index (χ4n) is 2.20. The molecule has 0 N–H and O–H groups in total. The number of hydrogen-bond donors (Lipinski definition) is 1. The van der Waals surface area contributed by atoms with Crippen LogP contribution in [0.2, 0.25) is 0 Å². The van der Waals surface area contributed by atoms with Gasteiger partial charge in [-0.25, -0.2) is 0 Å². The van der Waals surface area contributed by atoms with Crippen molar-refractivity contribution < 1.29 is 4.74 Å². The molecule has 0 aromatic heterocycles. The predicted molar refractivity (Wildman–Crippen MR) is 68.7 cm³/mol. The van der Waals surface area contributed by atoms with E-state index in [1.54, 1.807) is 7.11 Å². The summed E-state index contributed by atoms with van der Waals surface area (Å²) < 4.78 is 5.16. The van der Waals surface area contributed by atoms with Crippen LogP contribution in [0.25, 0.3) is 0 Å². The lowest BCUT2D eigenvalue weighted by atomic mass is 9.70. The van der Waals surface area contributed by atoms with Crippen molar-refractivity contribution >= 4 is 12.6 Å². The van der Waals surface area contributed by atoms with Gasteiger partial charge < -0.3 is 4.74 Å². The second kappa shape index (κ2) is 6.12. The SMILES string of the molecule is COCCN(CC1(CS)CCC1)C(C)C. The number of thiol groups is 1. The van der Waals surface area contributed by atoms with Crippen LogP contribution in [0.3, 0.4) is 0 Å². The maximum atomic E-state index is 5.16. The molecular formula is C12H25NOS. The molecule has 1 saturated carbocycles. The standard InChI is InChI=1S/C12H25NOS/c1-11(2)13(7-8-14-3)9-12(10-15)5-4-6-12/h11,15H,4-10H2,1-3H3. The molecule has 1 rings (SSSR count). The fraction of sp³-hybridized carbons (Fsp3) is 1.00. The highest BCUT2D eigenvalue weighted by molar-refractivity contribution is 7.80. The number of hydrogen-bond acceptors (Lipinski definition) is 3. The molecular weight excluding hydrogens is 206 g/mol. The van der Waals surface area contributed by atoms with E-state index in [0.717, 1.165) is 18.9 Å². The highest BCUT2D eigenvalue weighted by Crippen LogP contribution is 2.42. The predicted octanol–water partition coefficient (Wildman–Crippen LogP) is 2.44. The molecule has 0 aliphatic heterocycles. The van der Waals surface area contributed by atoms with Gasteiger partial charge in [0.2, 0.25) is 0 Å². The average Bonchev–Trinajstić information content (AvgIpc) is 2.15. The van der Waals surface area contributed by atoms with Crippen molar-refractivity contribution in [2.45, 2.75) is 39.2 Å². The van der Waals surface area contributed by atoms with Crippen molar-refractivity contribution in [3.63, 3.8) is 0 Å². The molecule has 0 heterocycles. The highest BCUT2D eigenvalue weighted by atomic mass is 32.1. The van der Waals surface area contributed by atoms with Crippen LogP contribution in [0.1, 0.15) is 33.1 Å². The molecule has 1 aliphatic carbocycles. The molecule has 1 fully saturated rings. The zero-order valence-electron chi connectivity index (χ0n) is 10.3. The molecule has 0 radical (unpaired) electrons. The van der Waals surface area contributed by atoms with Crippen LogP contribution >= 0.6 is 12.6 Å². The van der Waals surface area contributed by atoms with E-state index in [-0.39, 0.29) is 0 Å². The van der Waals surface area contributed by atoms with E-state index < -0.39 is 0 Å². The van der Waals surface area contributed by atoms with Crippen LogP contribution in [0, 0.1) is 5.41 Å². The molecule has 15 heavy (non-hydrogen) atoms. The molecule has 0 aromatic carbocycles. The summed E-state index contributed by atoms with van der Waals surface area (Å²) in [6, 6.07) is 0.609. The van der Waals surface area contributed by atoms with Crippen molar-refractivity contribution in [2.75, 3.05) is 32.6 Å². The maximum Gasteiger partial charge on any atom is 0.0589 e. The van der Waals surface area contributed by atoms with Gasteiger partial charge in [-0.15, -0.1) is 0 Å². The normalized spacial score (nSPS) is 19.6. The minimum atomic E-state index is 0.501. The largest absolute Gasteiger partial charge is 0.383 e. The molecule has 0 bridgehead atoms. The summed E-state index contributed by atoms with van der Waals surface area (Å²) in [6.07, 6.45) is 4.09. The van der Waals surface area contributed by atoms with Gasteiger partial charge in [0.1, 0.15) is 0 Å². The van der Waals surface area contributed by atoms with Gasteiger partial charge in [-0.1, -0.05) is 6.42 Å². The first kappa shape index (κ1) is 13.3. The molecule has 0 amide bonds. The molecule has 0 unspecified atom stereocenters. The first-order valence-corrected chi connectivity index (χ1v) is 6.61. The Morgan fingerprint density at radius 2 is 2.07 bits per heavy atom. The minimum Gasteiger partial charge on any atom is -0.383 e. The highest BCUT2D eigenvalue weighted by Gasteiger charge is 2.37. The molecule has 3 heteroatoms. The van der Waals surface area contributed by atoms with Crippen LogP contribution in [0.5, 0.6) is 0 Å². The van der Waals surface area contributed by atoms with Gasteiger partial charge in [-0.05, 0) is 37.9 Å². The first-order valence-electron chi connectivity index (χ1n) is 5.97. The van der Waals surface area contributed by atoms with E-state index in [1.807, 2.05) is 0 Å². The first-order chi connectivity index (χ1) is 7.13. The topological polar surface area (TPSA) is 12.5 Å². The molecule has 2 nitrogen and oxygen atoms in total. The Hall–Kier alpha value is 0.270. The summed E-state index contributed by atoms with van der Waals surface area (Å²) in [5, 5.41) is 0. The van der Waals surface area contributed by atoms with Crippen molar-refractivity contribution in [2.24, 2.45) is 5.41 Å².